The lowest BCUT2D eigenvalue weighted by Crippen LogP contribution is -2.46. The standard InChI is InChI=1S/C17H24N4O3/c22-16(20-14-3-1-2-13(10-14)17(23)24)12-4-8-21(9-5-12)15-11-18-6-7-19-15/h6-7,11-14H,1-5,8-10H2,(H,20,22)(H,23,24)/t13-,14+/m0/s1. The second kappa shape index (κ2) is 7.59. The smallest absolute Gasteiger partial charge is 0.306 e. The molecule has 1 aliphatic heterocycles. The number of hydrogen-bond acceptors (Lipinski definition) is 5. The number of carboxylic acid groups (broad SMARTS) is 1. The Morgan fingerprint density at radius 2 is 1.92 bits per heavy atom. The van der Waals surface area contributed by atoms with E-state index < -0.39 is 5.97 Å². The van der Waals surface area contributed by atoms with E-state index in [-0.39, 0.29) is 23.8 Å². The highest BCUT2D eigenvalue weighted by atomic mass is 16.4. The second-order valence-electron chi connectivity index (χ2n) is 6.73. The van der Waals surface area contributed by atoms with Gasteiger partial charge in [0.1, 0.15) is 5.82 Å². The highest BCUT2D eigenvalue weighted by Crippen LogP contribution is 2.26. The Hall–Kier alpha value is -2.18. The Balaban J connectivity index is 1.48. The molecule has 1 saturated heterocycles. The van der Waals surface area contributed by atoms with Crippen LogP contribution in [-0.2, 0) is 9.59 Å². The van der Waals surface area contributed by atoms with Crippen molar-refractivity contribution < 1.29 is 14.7 Å². The van der Waals surface area contributed by atoms with Gasteiger partial charge >= 0.3 is 5.97 Å². The van der Waals surface area contributed by atoms with Crippen molar-refractivity contribution >= 4 is 17.7 Å². The summed E-state index contributed by atoms with van der Waals surface area (Å²) < 4.78 is 0. The molecule has 1 aromatic heterocycles. The largest absolute Gasteiger partial charge is 0.481 e. The molecule has 0 bridgehead atoms. The van der Waals surface area contributed by atoms with Crippen molar-refractivity contribution in [1.29, 1.82) is 0 Å². The maximum atomic E-state index is 12.5. The molecule has 130 valence electrons. The number of nitrogens with one attached hydrogen (secondary N) is 1. The Bertz CT molecular complexity index is 572. The highest BCUT2D eigenvalue weighted by Gasteiger charge is 2.31. The van der Waals surface area contributed by atoms with E-state index in [1.807, 2.05) is 0 Å². The number of hydrogen-bond donors (Lipinski definition) is 2. The predicted molar refractivity (Wildman–Crippen MR) is 88.5 cm³/mol. The molecule has 3 rings (SSSR count). The first-order valence-electron chi connectivity index (χ1n) is 8.67. The first-order chi connectivity index (χ1) is 11.6. The Morgan fingerprint density at radius 3 is 2.58 bits per heavy atom. The van der Waals surface area contributed by atoms with Crippen molar-refractivity contribution in [2.45, 2.75) is 44.6 Å². The van der Waals surface area contributed by atoms with E-state index in [2.05, 4.69) is 20.2 Å². The Morgan fingerprint density at radius 1 is 1.12 bits per heavy atom. The van der Waals surface area contributed by atoms with Crippen LogP contribution in [0.3, 0.4) is 0 Å². The van der Waals surface area contributed by atoms with Crippen LogP contribution in [0.4, 0.5) is 5.82 Å². The van der Waals surface area contributed by atoms with Crippen molar-refractivity contribution in [1.82, 2.24) is 15.3 Å². The van der Waals surface area contributed by atoms with Crippen LogP contribution in [0.15, 0.2) is 18.6 Å². The lowest BCUT2D eigenvalue weighted by molar-refractivity contribution is -0.143. The average molecular weight is 332 g/mol. The van der Waals surface area contributed by atoms with Gasteiger partial charge in [0, 0.05) is 37.4 Å². The van der Waals surface area contributed by atoms with Crippen LogP contribution >= 0.6 is 0 Å². The lowest BCUT2D eigenvalue weighted by Gasteiger charge is -2.33. The number of aromatic nitrogens is 2. The minimum atomic E-state index is -0.744. The molecule has 7 nitrogen and oxygen atoms in total. The topological polar surface area (TPSA) is 95.4 Å². The zero-order valence-corrected chi connectivity index (χ0v) is 13.7. The molecule has 2 aliphatic rings. The van der Waals surface area contributed by atoms with Gasteiger partial charge in [0.05, 0.1) is 12.1 Å². The van der Waals surface area contributed by atoms with Gasteiger partial charge in [-0.15, -0.1) is 0 Å². The summed E-state index contributed by atoms with van der Waals surface area (Å²) in [7, 11) is 0. The third-order valence-corrected chi connectivity index (χ3v) is 5.11. The number of nitrogens with zero attached hydrogens (tertiary/aromatic N) is 3. The quantitative estimate of drug-likeness (QED) is 0.866. The summed E-state index contributed by atoms with van der Waals surface area (Å²) in [6.07, 6.45) is 9.68. The third-order valence-electron chi connectivity index (χ3n) is 5.11. The van der Waals surface area contributed by atoms with E-state index in [0.717, 1.165) is 51.0 Å². The minimum absolute atomic E-state index is 0.00289. The Labute approximate surface area is 141 Å². The second-order valence-corrected chi connectivity index (χ2v) is 6.73. The first-order valence-corrected chi connectivity index (χ1v) is 8.67. The maximum absolute atomic E-state index is 12.5. The molecule has 0 radical (unpaired) electrons. The van der Waals surface area contributed by atoms with E-state index in [1.54, 1.807) is 18.6 Å². The first kappa shape index (κ1) is 16.7. The molecule has 2 atom stereocenters. The molecule has 2 heterocycles. The van der Waals surface area contributed by atoms with Crippen LogP contribution < -0.4 is 10.2 Å². The molecule has 0 aromatic carbocycles. The normalized spacial score (nSPS) is 25.2. The fourth-order valence-corrected chi connectivity index (χ4v) is 3.69. The maximum Gasteiger partial charge on any atom is 0.306 e. The number of amides is 1. The average Bonchev–Trinajstić information content (AvgIpc) is 2.63. The van der Waals surface area contributed by atoms with Crippen molar-refractivity contribution in [3.05, 3.63) is 18.6 Å². The zero-order chi connectivity index (χ0) is 16.9. The van der Waals surface area contributed by atoms with E-state index in [1.165, 1.54) is 0 Å². The van der Waals surface area contributed by atoms with Gasteiger partial charge < -0.3 is 15.3 Å². The van der Waals surface area contributed by atoms with Gasteiger partial charge in [-0.1, -0.05) is 6.42 Å². The summed E-state index contributed by atoms with van der Waals surface area (Å²) >= 11 is 0. The predicted octanol–water partition coefficient (Wildman–Crippen LogP) is 1.45. The number of carbonyl (C=O) groups excluding carboxylic acids is 1. The molecule has 1 amide bonds. The van der Waals surface area contributed by atoms with Crippen LogP contribution in [0.1, 0.15) is 38.5 Å². The number of carbonyl (C=O) groups is 2. The van der Waals surface area contributed by atoms with Crippen LogP contribution in [-0.4, -0.2) is 46.1 Å². The fraction of sp³-hybridized carbons (Fsp3) is 0.647. The SMILES string of the molecule is O=C(N[C@@H]1CCC[C@H](C(=O)O)C1)C1CCN(c2cnccn2)CC1. The summed E-state index contributed by atoms with van der Waals surface area (Å²) in [6.45, 7) is 1.58. The van der Waals surface area contributed by atoms with Crippen molar-refractivity contribution in [3.8, 4) is 0 Å². The van der Waals surface area contributed by atoms with E-state index in [4.69, 9.17) is 5.11 Å². The molecule has 24 heavy (non-hydrogen) atoms. The number of aliphatic carboxylic acids is 1. The summed E-state index contributed by atoms with van der Waals surface area (Å²) in [5, 5.41) is 12.2. The van der Waals surface area contributed by atoms with Gasteiger partial charge in [-0.3, -0.25) is 14.6 Å². The molecular weight excluding hydrogens is 308 g/mol. The van der Waals surface area contributed by atoms with Gasteiger partial charge in [-0.05, 0) is 32.1 Å². The third kappa shape index (κ3) is 4.01. The highest BCUT2D eigenvalue weighted by molar-refractivity contribution is 5.79. The summed E-state index contributed by atoms with van der Waals surface area (Å²) in [6, 6.07) is 0.00497. The number of anilines is 1. The van der Waals surface area contributed by atoms with Crippen LogP contribution in [0.5, 0.6) is 0 Å². The van der Waals surface area contributed by atoms with Crippen LogP contribution in [0, 0.1) is 11.8 Å². The molecule has 7 heteroatoms. The van der Waals surface area contributed by atoms with Gasteiger partial charge in [0.2, 0.25) is 5.91 Å². The number of carboxylic acids is 1. The van der Waals surface area contributed by atoms with Gasteiger partial charge in [-0.25, -0.2) is 4.98 Å². The molecule has 0 spiro atoms. The fourth-order valence-electron chi connectivity index (χ4n) is 3.69. The molecule has 1 aromatic rings. The van der Waals surface area contributed by atoms with Gasteiger partial charge in [-0.2, -0.15) is 0 Å². The minimum Gasteiger partial charge on any atom is -0.481 e. The Kier molecular flexibility index (Phi) is 5.27. The van der Waals surface area contributed by atoms with Crippen molar-refractivity contribution in [2.75, 3.05) is 18.0 Å². The summed E-state index contributed by atoms with van der Waals surface area (Å²) in [4.78, 5) is 34.1. The monoisotopic (exact) mass is 332 g/mol. The summed E-state index contributed by atoms with van der Waals surface area (Å²) in [5.41, 5.74) is 0. The zero-order valence-electron chi connectivity index (χ0n) is 13.7. The molecule has 1 aliphatic carbocycles. The summed E-state index contributed by atoms with van der Waals surface area (Å²) in [5.74, 6) is -0.130. The molecule has 2 fully saturated rings. The van der Waals surface area contributed by atoms with E-state index >= 15 is 0 Å². The van der Waals surface area contributed by atoms with Gasteiger partial charge in [0.15, 0.2) is 0 Å². The molecule has 1 saturated carbocycles. The van der Waals surface area contributed by atoms with Crippen LogP contribution in [0.2, 0.25) is 0 Å². The molecular formula is C17H24N4O3. The molecule has 2 N–H and O–H groups in total. The van der Waals surface area contributed by atoms with E-state index in [0.29, 0.717) is 6.42 Å². The van der Waals surface area contributed by atoms with E-state index in [9.17, 15) is 9.59 Å². The van der Waals surface area contributed by atoms with Crippen LogP contribution in [0.25, 0.3) is 0 Å². The molecule has 0 unspecified atom stereocenters. The van der Waals surface area contributed by atoms with Crippen molar-refractivity contribution in [3.63, 3.8) is 0 Å². The number of rotatable bonds is 4. The van der Waals surface area contributed by atoms with Gasteiger partial charge in [0.25, 0.3) is 0 Å². The number of piperidine rings is 1. The van der Waals surface area contributed by atoms with Crippen molar-refractivity contribution in [2.24, 2.45) is 11.8 Å². The lowest BCUT2D eigenvalue weighted by atomic mass is 9.85.